The highest BCUT2D eigenvalue weighted by Crippen LogP contribution is 2.19. The van der Waals surface area contributed by atoms with Gasteiger partial charge in [0, 0.05) is 37.6 Å². The molecule has 0 aromatic carbocycles. The number of aromatic nitrogens is 2. The Kier molecular flexibility index (Phi) is 5.83. The smallest absolute Gasteiger partial charge is 0.407 e. The van der Waals surface area contributed by atoms with Crippen molar-refractivity contribution in [3.63, 3.8) is 0 Å². The lowest BCUT2D eigenvalue weighted by Gasteiger charge is -2.31. The Balaban J connectivity index is 1.68. The fourth-order valence-corrected chi connectivity index (χ4v) is 2.80. The molecule has 124 valence electrons. The van der Waals surface area contributed by atoms with Crippen molar-refractivity contribution in [2.75, 3.05) is 6.54 Å². The number of amides is 1. The summed E-state index contributed by atoms with van der Waals surface area (Å²) >= 11 is 0. The lowest BCUT2D eigenvalue weighted by Crippen LogP contribution is -2.46. The highest BCUT2D eigenvalue weighted by Gasteiger charge is 2.25. The zero-order valence-corrected chi connectivity index (χ0v) is 13.8. The first kappa shape index (κ1) is 16.8. The lowest BCUT2D eigenvalue weighted by atomic mass is 9.91. The molecule has 2 rings (SSSR count). The van der Waals surface area contributed by atoms with Crippen LogP contribution in [-0.2, 0) is 11.3 Å². The number of nitrogens with one attached hydrogen (secondary N) is 2. The van der Waals surface area contributed by atoms with Gasteiger partial charge in [-0.3, -0.25) is 0 Å². The van der Waals surface area contributed by atoms with Crippen LogP contribution in [0.5, 0.6) is 0 Å². The van der Waals surface area contributed by atoms with E-state index in [1.54, 1.807) is 6.20 Å². The van der Waals surface area contributed by atoms with Gasteiger partial charge >= 0.3 is 6.09 Å². The van der Waals surface area contributed by atoms with E-state index < -0.39 is 5.60 Å². The second kappa shape index (κ2) is 7.63. The summed E-state index contributed by atoms with van der Waals surface area (Å²) in [6.45, 7) is 7.48. The van der Waals surface area contributed by atoms with E-state index in [1.165, 1.54) is 0 Å². The van der Waals surface area contributed by atoms with Crippen LogP contribution in [0.15, 0.2) is 18.7 Å². The normalized spacial score (nSPS) is 22.3. The van der Waals surface area contributed by atoms with Crippen LogP contribution in [0.1, 0.15) is 46.5 Å². The molecule has 2 atom stereocenters. The van der Waals surface area contributed by atoms with Gasteiger partial charge in [-0.25, -0.2) is 9.78 Å². The molecule has 0 saturated heterocycles. The molecule has 1 heterocycles. The quantitative estimate of drug-likeness (QED) is 0.876. The molecule has 0 radical (unpaired) electrons. The molecule has 1 amide bonds. The number of hydrogen-bond donors (Lipinski definition) is 2. The van der Waals surface area contributed by atoms with Crippen LogP contribution in [0.3, 0.4) is 0 Å². The van der Waals surface area contributed by atoms with Gasteiger partial charge in [-0.05, 0) is 46.5 Å². The molecule has 2 unspecified atom stereocenters. The lowest BCUT2D eigenvalue weighted by molar-refractivity contribution is 0.0488. The van der Waals surface area contributed by atoms with Crippen molar-refractivity contribution in [3.8, 4) is 0 Å². The Bertz CT molecular complexity index is 453. The van der Waals surface area contributed by atoms with Gasteiger partial charge in [0.15, 0.2) is 0 Å². The SMILES string of the molecule is CC(C)(C)OC(=O)NC1CCCC(NCCn2ccnc2)C1. The van der Waals surface area contributed by atoms with Gasteiger partial charge in [-0.2, -0.15) is 0 Å². The van der Waals surface area contributed by atoms with Gasteiger partial charge in [0.25, 0.3) is 0 Å². The largest absolute Gasteiger partial charge is 0.444 e. The summed E-state index contributed by atoms with van der Waals surface area (Å²) in [5, 5.41) is 6.56. The van der Waals surface area contributed by atoms with E-state index in [2.05, 4.69) is 20.2 Å². The van der Waals surface area contributed by atoms with E-state index >= 15 is 0 Å². The maximum Gasteiger partial charge on any atom is 0.407 e. The van der Waals surface area contributed by atoms with Crippen LogP contribution < -0.4 is 10.6 Å². The zero-order valence-electron chi connectivity index (χ0n) is 13.8. The van der Waals surface area contributed by atoms with Crippen molar-refractivity contribution >= 4 is 6.09 Å². The van der Waals surface area contributed by atoms with Crippen LogP contribution in [-0.4, -0.2) is 39.9 Å². The van der Waals surface area contributed by atoms with E-state index in [0.29, 0.717) is 6.04 Å². The van der Waals surface area contributed by atoms with E-state index in [1.807, 2.05) is 33.3 Å². The van der Waals surface area contributed by atoms with E-state index in [4.69, 9.17) is 4.74 Å². The van der Waals surface area contributed by atoms with Gasteiger partial charge in [0.2, 0.25) is 0 Å². The van der Waals surface area contributed by atoms with Crippen molar-refractivity contribution in [1.29, 1.82) is 0 Å². The highest BCUT2D eigenvalue weighted by molar-refractivity contribution is 5.68. The van der Waals surface area contributed by atoms with Crippen LogP contribution >= 0.6 is 0 Å². The Hall–Kier alpha value is -1.56. The monoisotopic (exact) mass is 308 g/mol. The minimum Gasteiger partial charge on any atom is -0.444 e. The van der Waals surface area contributed by atoms with Gasteiger partial charge in [0.05, 0.1) is 6.33 Å². The maximum absolute atomic E-state index is 11.8. The molecular weight excluding hydrogens is 280 g/mol. The zero-order chi connectivity index (χ0) is 16.0. The molecule has 6 nitrogen and oxygen atoms in total. The van der Waals surface area contributed by atoms with E-state index in [0.717, 1.165) is 38.8 Å². The first-order chi connectivity index (χ1) is 10.4. The Morgan fingerprint density at radius 3 is 2.82 bits per heavy atom. The van der Waals surface area contributed by atoms with Gasteiger partial charge < -0.3 is 19.9 Å². The van der Waals surface area contributed by atoms with Crippen molar-refractivity contribution in [3.05, 3.63) is 18.7 Å². The molecule has 6 heteroatoms. The average molecular weight is 308 g/mol. The number of carbonyl (C=O) groups is 1. The summed E-state index contributed by atoms with van der Waals surface area (Å²) in [4.78, 5) is 15.9. The van der Waals surface area contributed by atoms with Gasteiger partial charge in [0.1, 0.15) is 5.60 Å². The molecule has 1 fully saturated rings. The summed E-state index contributed by atoms with van der Waals surface area (Å²) < 4.78 is 7.39. The molecular formula is C16H28N4O2. The second-order valence-electron chi connectivity index (χ2n) is 6.96. The molecule has 1 aromatic heterocycles. The third-order valence-corrected chi connectivity index (χ3v) is 3.76. The summed E-state index contributed by atoms with van der Waals surface area (Å²) in [7, 11) is 0. The number of rotatable bonds is 5. The molecule has 2 N–H and O–H groups in total. The van der Waals surface area contributed by atoms with Crippen LogP contribution in [0.2, 0.25) is 0 Å². The predicted octanol–water partition coefficient (Wildman–Crippen LogP) is 2.31. The summed E-state index contributed by atoms with van der Waals surface area (Å²) in [6, 6.07) is 0.659. The van der Waals surface area contributed by atoms with Crippen molar-refractivity contribution < 1.29 is 9.53 Å². The van der Waals surface area contributed by atoms with Crippen molar-refractivity contribution in [1.82, 2.24) is 20.2 Å². The first-order valence-corrected chi connectivity index (χ1v) is 8.11. The van der Waals surface area contributed by atoms with Crippen molar-refractivity contribution in [2.45, 2.75) is 70.7 Å². The topological polar surface area (TPSA) is 68.2 Å². The van der Waals surface area contributed by atoms with Crippen LogP contribution in [0, 0.1) is 0 Å². The summed E-state index contributed by atoms with van der Waals surface area (Å²) in [5.41, 5.74) is -0.443. The Labute approximate surface area is 132 Å². The summed E-state index contributed by atoms with van der Waals surface area (Å²) in [6.07, 6.45) is 9.56. The third kappa shape index (κ3) is 6.05. The first-order valence-electron chi connectivity index (χ1n) is 8.11. The average Bonchev–Trinajstić information content (AvgIpc) is 2.90. The van der Waals surface area contributed by atoms with Crippen molar-refractivity contribution in [2.24, 2.45) is 0 Å². The van der Waals surface area contributed by atoms with E-state index in [9.17, 15) is 4.79 Å². The minimum absolute atomic E-state index is 0.203. The number of imidazole rings is 1. The molecule has 1 aliphatic rings. The van der Waals surface area contributed by atoms with Crippen LogP contribution in [0.4, 0.5) is 4.79 Å². The Morgan fingerprint density at radius 1 is 1.36 bits per heavy atom. The second-order valence-corrected chi connectivity index (χ2v) is 6.96. The molecule has 22 heavy (non-hydrogen) atoms. The fraction of sp³-hybridized carbons (Fsp3) is 0.750. The molecule has 0 spiro atoms. The van der Waals surface area contributed by atoms with E-state index in [-0.39, 0.29) is 12.1 Å². The number of carbonyl (C=O) groups excluding carboxylic acids is 1. The molecule has 1 aromatic rings. The minimum atomic E-state index is -0.443. The van der Waals surface area contributed by atoms with Gasteiger partial charge in [-0.1, -0.05) is 0 Å². The van der Waals surface area contributed by atoms with Crippen LogP contribution in [0.25, 0.3) is 0 Å². The highest BCUT2D eigenvalue weighted by atomic mass is 16.6. The molecule has 0 aliphatic heterocycles. The third-order valence-electron chi connectivity index (χ3n) is 3.76. The molecule has 0 bridgehead atoms. The number of nitrogens with zero attached hydrogens (tertiary/aromatic N) is 2. The maximum atomic E-state index is 11.8. The Morgan fingerprint density at radius 2 is 2.14 bits per heavy atom. The number of ether oxygens (including phenoxy) is 1. The van der Waals surface area contributed by atoms with Gasteiger partial charge in [-0.15, -0.1) is 0 Å². The predicted molar refractivity (Wildman–Crippen MR) is 85.6 cm³/mol. The summed E-state index contributed by atoms with van der Waals surface area (Å²) in [5.74, 6) is 0. The standard InChI is InChI=1S/C16H28N4O2/c1-16(2,3)22-15(21)19-14-6-4-5-13(11-14)18-8-10-20-9-7-17-12-20/h7,9,12-14,18H,4-6,8,10-11H2,1-3H3,(H,19,21). The number of hydrogen-bond acceptors (Lipinski definition) is 4. The number of alkyl carbamates (subject to hydrolysis) is 1. The molecule has 1 saturated carbocycles. The molecule has 1 aliphatic carbocycles. The fourth-order valence-electron chi connectivity index (χ4n) is 2.80.